The Morgan fingerprint density at radius 2 is 1.93 bits per heavy atom. The highest BCUT2D eigenvalue weighted by Gasteiger charge is 2.35. The molecule has 1 aliphatic heterocycles. The first-order chi connectivity index (χ1) is 13.8. The molecule has 4 rings (SSSR count). The summed E-state index contributed by atoms with van der Waals surface area (Å²) in [5.74, 6) is -0.302. The second-order valence-corrected chi connectivity index (χ2v) is 6.66. The molecule has 0 saturated carbocycles. The van der Waals surface area contributed by atoms with Crippen molar-refractivity contribution in [2.75, 3.05) is 11.4 Å². The summed E-state index contributed by atoms with van der Waals surface area (Å²) in [5, 5.41) is 4.19. The number of aromatic nitrogens is 3. The van der Waals surface area contributed by atoms with Crippen LogP contribution < -0.4 is 9.64 Å². The van der Waals surface area contributed by atoms with Gasteiger partial charge in [-0.25, -0.2) is 4.98 Å². The van der Waals surface area contributed by atoms with Crippen LogP contribution in [0.4, 0.5) is 18.9 Å². The molecule has 150 valence electrons. The first kappa shape index (κ1) is 19.2. The Bertz CT molecular complexity index is 1020. The molecule has 1 aliphatic rings. The van der Waals surface area contributed by atoms with E-state index in [4.69, 9.17) is 16.1 Å². The first-order valence-corrected chi connectivity index (χ1v) is 8.78. The minimum atomic E-state index is -4.76. The van der Waals surface area contributed by atoms with E-state index in [1.54, 1.807) is 17.0 Å². The summed E-state index contributed by atoms with van der Waals surface area (Å²) in [6, 6.07) is 8.39. The Morgan fingerprint density at radius 3 is 2.59 bits per heavy atom. The van der Waals surface area contributed by atoms with Crippen LogP contribution in [0, 0.1) is 0 Å². The Balaban J connectivity index is 1.48. The van der Waals surface area contributed by atoms with Gasteiger partial charge in [-0.3, -0.25) is 4.79 Å². The molecule has 0 N–H and O–H groups in total. The van der Waals surface area contributed by atoms with Gasteiger partial charge in [-0.1, -0.05) is 16.8 Å². The minimum absolute atomic E-state index is 0.118. The highest BCUT2D eigenvalue weighted by atomic mass is 35.5. The summed E-state index contributed by atoms with van der Waals surface area (Å²) in [6.07, 6.45) is -3.07. The number of anilines is 1. The zero-order valence-electron chi connectivity index (χ0n) is 14.6. The minimum Gasteiger partial charge on any atom is -0.406 e. The lowest BCUT2D eigenvalue weighted by atomic mass is 10.1. The number of ether oxygens (including phenoxy) is 1. The van der Waals surface area contributed by atoms with Crippen molar-refractivity contribution in [3.63, 3.8) is 0 Å². The van der Waals surface area contributed by atoms with Crippen LogP contribution in [0.15, 0.2) is 47.1 Å². The molecule has 11 heteroatoms. The van der Waals surface area contributed by atoms with E-state index in [9.17, 15) is 18.0 Å². The molecule has 1 aromatic carbocycles. The van der Waals surface area contributed by atoms with Crippen molar-refractivity contribution >= 4 is 23.2 Å². The number of hydrogen-bond acceptors (Lipinski definition) is 6. The van der Waals surface area contributed by atoms with Gasteiger partial charge < -0.3 is 14.2 Å². The van der Waals surface area contributed by atoms with Crippen molar-refractivity contribution in [1.82, 2.24) is 15.1 Å². The molecule has 3 aromatic rings. The first-order valence-electron chi connectivity index (χ1n) is 8.40. The van der Waals surface area contributed by atoms with Crippen LogP contribution in [0.25, 0.3) is 11.4 Å². The van der Waals surface area contributed by atoms with E-state index in [1.165, 1.54) is 18.3 Å². The van der Waals surface area contributed by atoms with E-state index in [0.29, 0.717) is 22.9 Å². The van der Waals surface area contributed by atoms with Gasteiger partial charge in [0, 0.05) is 18.5 Å². The van der Waals surface area contributed by atoms with Crippen LogP contribution in [0.2, 0.25) is 5.15 Å². The van der Waals surface area contributed by atoms with E-state index in [2.05, 4.69) is 19.9 Å². The van der Waals surface area contributed by atoms with Crippen molar-refractivity contribution < 1.29 is 27.2 Å². The molecule has 1 unspecified atom stereocenters. The molecule has 7 nitrogen and oxygen atoms in total. The number of carbonyl (C=O) groups excluding carboxylic acids is 1. The number of nitrogens with zero attached hydrogens (tertiary/aromatic N) is 4. The number of rotatable bonds is 4. The molecule has 0 radical (unpaired) electrons. The number of halogens is 4. The van der Waals surface area contributed by atoms with E-state index in [1.807, 2.05) is 0 Å². The van der Waals surface area contributed by atoms with Crippen molar-refractivity contribution in [1.29, 1.82) is 0 Å². The van der Waals surface area contributed by atoms with Crippen molar-refractivity contribution in [3.05, 3.63) is 53.6 Å². The van der Waals surface area contributed by atoms with Gasteiger partial charge >= 0.3 is 6.36 Å². The van der Waals surface area contributed by atoms with Gasteiger partial charge in [0.1, 0.15) is 10.9 Å². The third kappa shape index (κ3) is 4.32. The van der Waals surface area contributed by atoms with Crippen molar-refractivity contribution in [2.24, 2.45) is 0 Å². The Kier molecular flexibility index (Phi) is 4.87. The van der Waals surface area contributed by atoms with Crippen molar-refractivity contribution in [3.8, 4) is 17.1 Å². The third-order valence-electron chi connectivity index (χ3n) is 4.29. The molecule has 0 bridgehead atoms. The summed E-state index contributed by atoms with van der Waals surface area (Å²) >= 11 is 5.77. The van der Waals surface area contributed by atoms with Gasteiger partial charge in [0.25, 0.3) is 0 Å². The maximum atomic E-state index is 12.3. The smallest absolute Gasteiger partial charge is 0.406 e. The fourth-order valence-corrected chi connectivity index (χ4v) is 3.09. The second-order valence-electron chi connectivity index (χ2n) is 6.27. The lowest BCUT2D eigenvalue weighted by molar-refractivity contribution is -0.274. The zero-order chi connectivity index (χ0) is 20.6. The molecule has 1 fully saturated rings. The molecular formula is C18H12ClF3N4O3. The number of hydrogen-bond donors (Lipinski definition) is 0. The van der Waals surface area contributed by atoms with E-state index in [-0.39, 0.29) is 35.7 Å². The fourth-order valence-electron chi connectivity index (χ4n) is 2.97. The summed E-state index contributed by atoms with van der Waals surface area (Å²) in [4.78, 5) is 22.2. The lowest BCUT2D eigenvalue weighted by Crippen LogP contribution is -2.24. The van der Waals surface area contributed by atoms with Gasteiger partial charge in [-0.05, 0) is 36.4 Å². The van der Waals surface area contributed by atoms with Crippen LogP contribution in [0.3, 0.4) is 0 Å². The maximum absolute atomic E-state index is 12.3. The van der Waals surface area contributed by atoms with E-state index >= 15 is 0 Å². The molecule has 1 saturated heterocycles. The molecule has 1 amide bonds. The normalized spacial score (nSPS) is 17.0. The number of benzene rings is 1. The Labute approximate surface area is 167 Å². The van der Waals surface area contributed by atoms with Crippen LogP contribution in [0.5, 0.6) is 5.75 Å². The van der Waals surface area contributed by atoms with Crippen LogP contribution >= 0.6 is 11.6 Å². The number of carbonyl (C=O) groups is 1. The predicted octanol–water partition coefficient (Wildman–Crippen LogP) is 4.20. The average Bonchev–Trinajstić information content (AvgIpc) is 3.29. The Morgan fingerprint density at radius 1 is 1.17 bits per heavy atom. The van der Waals surface area contributed by atoms with Crippen LogP contribution in [-0.2, 0) is 4.79 Å². The SMILES string of the molecule is O=C1CC(c2nc(-c3ccc(OC(F)(F)F)cc3)no2)CN1c1ccc(Cl)nc1. The highest BCUT2D eigenvalue weighted by molar-refractivity contribution is 6.29. The predicted molar refractivity (Wildman–Crippen MR) is 95.4 cm³/mol. The summed E-state index contributed by atoms with van der Waals surface area (Å²) in [7, 11) is 0. The fraction of sp³-hybridized carbons (Fsp3) is 0.222. The van der Waals surface area contributed by atoms with Gasteiger partial charge in [0.2, 0.25) is 17.6 Å². The number of pyridine rings is 1. The average molecular weight is 425 g/mol. The van der Waals surface area contributed by atoms with E-state index in [0.717, 1.165) is 12.1 Å². The zero-order valence-corrected chi connectivity index (χ0v) is 15.3. The van der Waals surface area contributed by atoms with Gasteiger partial charge in [0.15, 0.2) is 0 Å². The molecule has 3 heterocycles. The van der Waals surface area contributed by atoms with Gasteiger partial charge in [0.05, 0.1) is 17.8 Å². The maximum Gasteiger partial charge on any atom is 0.573 e. The second kappa shape index (κ2) is 7.36. The standard InChI is InChI=1S/C18H12ClF3N4O3/c19-14-6-3-12(8-23-14)26-9-11(7-15(26)27)17-24-16(25-29-17)10-1-4-13(5-2-10)28-18(20,21)22/h1-6,8,11H,7,9H2. The lowest BCUT2D eigenvalue weighted by Gasteiger charge is -2.15. The van der Waals surface area contributed by atoms with Gasteiger partial charge in [-0.15, -0.1) is 13.2 Å². The Hall–Kier alpha value is -3.14. The topological polar surface area (TPSA) is 81.3 Å². The molecular weight excluding hydrogens is 413 g/mol. The van der Waals surface area contributed by atoms with Gasteiger partial charge in [-0.2, -0.15) is 4.98 Å². The van der Waals surface area contributed by atoms with Crippen LogP contribution in [-0.4, -0.2) is 33.9 Å². The largest absolute Gasteiger partial charge is 0.573 e. The molecule has 0 spiro atoms. The molecule has 29 heavy (non-hydrogen) atoms. The molecule has 0 aliphatic carbocycles. The monoisotopic (exact) mass is 424 g/mol. The summed E-state index contributed by atoms with van der Waals surface area (Å²) < 4.78 is 45.8. The number of alkyl halides is 3. The summed E-state index contributed by atoms with van der Waals surface area (Å²) in [5.41, 5.74) is 1.07. The molecule has 2 aromatic heterocycles. The number of amides is 1. The highest BCUT2D eigenvalue weighted by Crippen LogP contribution is 2.32. The third-order valence-corrected chi connectivity index (χ3v) is 4.51. The van der Waals surface area contributed by atoms with Crippen LogP contribution in [0.1, 0.15) is 18.2 Å². The van der Waals surface area contributed by atoms with Crippen molar-refractivity contribution in [2.45, 2.75) is 18.7 Å². The quantitative estimate of drug-likeness (QED) is 0.584. The van der Waals surface area contributed by atoms with E-state index < -0.39 is 6.36 Å². The molecule has 1 atom stereocenters. The summed E-state index contributed by atoms with van der Waals surface area (Å²) in [6.45, 7) is 0.335.